The van der Waals surface area contributed by atoms with Gasteiger partial charge in [-0.1, -0.05) is 26.7 Å². The lowest BCUT2D eigenvalue weighted by Crippen LogP contribution is -2.35. The summed E-state index contributed by atoms with van der Waals surface area (Å²) in [5.74, 6) is 0.445. The van der Waals surface area contributed by atoms with Crippen molar-refractivity contribution in [3.63, 3.8) is 0 Å². The van der Waals surface area contributed by atoms with Gasteiger partial charge in [0.05, 0.1) is 6.04 Å². The second-order valence-corrected chi connectivity index (χ2v) is 3.26. The smallest absolute Gasteiger partial charge is 0.146 e. The van der Waals surface area contributed by atoms with E-state index in [9.17, 15) is 4.79 Å². The largest absolute Gasteiger partial charge is 0.321 e. The second kappa shape index (κ2) is 5.30. The fourth-order valence-corrected chi connectivity index (χ4v) is 1.11. The van der Waals surface area contributed by atoms with Crippen LogP contribution in [0.25, 0.3) is 0 Å². The molecule has 0 spiro atoms. The first-order valence-corrected chi connectivity index (χ1v) is 4.35. The van der Waals surface area contributed by atoms with E-state index in [0.29, 0.717) is 5.92 Å². The third kappa shape index (κ3) is 4.14. The van der Waals surface area contributed by atoms with Crippen molar-refractivity contribution in [3.05, 3.63) is 0 Å². The molecule has 11 heavy (non-hydrogen) atoms. The normalized spacial score (nSPS) is 16.0. The zero-order chi connectivity index (χ0) is 8.85. The van der Waals surface area contributed by atoms with E-state index in [2.05, 4.69) is 6.92 Å². The molecule has 0 aromatic rings. The molecule has 0 aliphatic rings. The van der Waals surface area contributed by atoms with Gasteiger partial charge in [-0.05, 0) is 19.3 Å². The number of hydrogen-bond acceptors (Lipinski definition) is 2. The quantitative estimate of drug-likeness (QED) is 0.660. The van der Waals surface area contributed by atoms with Crippen LogP contribution in [0.4, 0.5) is 0 Å². The molecular formula is C9H19NO. The first kappa shape index (κ1) is 10.6. The molecule has 2 nitrogen and oxygen atoms in total. The number of nitrogens with two attached hydrogens (primary N) is 1. The van der Waals surface area contributed by atoms with Crippen LogP contribution in [0.1, 0.15) is 40.0 Å². The molecule has 2 N–H and O–H groups in total. The molecule has 0 unspecified atom stereocenters. The summed E-state index contributed by atoms with van der Waals surface area (Å²) in [7, 11) is 0. The summed E-state index contributed by atoms with van der Waals surface area (Å²) < 4.78 is 0. The predicted octanol–water partition coefficient (Wildman–Crippen LogP) is 1.73. The molecule has 2 atom stereocenters. The maximum Gasteiger partial charge on any atom is 0.146 e. The summed E-state index contributed by atoms with van der Waals surface area (Å²) in [4.78, 5) is 10.8. The zero-order valence-electron chi connectivity index (χ0n) is 7.76. The average molecular weight is 157 g/mol. The van der Waals surface area contributed by atoms with E-state index in [0.717, 1.165) is 6.42 Å². The van der Waals surface area contributed by atoms with Gasteiger partial charge >= 0.3 is 0 Å². The molecule has 0 aromatic heterocycles. The Kier molecular flexibility index (Phi) is 5.12. The topological polar surface area (TPSA) is 43.1 Å². The fraction of sp³-hybridized carbons (Fsp3) is 0.889. The van der Waals surface area contributed by atoms with Crippen molar-refractivity contribution in [2.75, 3.05) is 0 Å². The highest BCUT2D eigenvalue weighted by molar-refractivity contribution is 5.81. The Labute approximate surface area is 69.2 Å². The molecule has 0 heterocycles. The minimum Gasteiger partial charge on any atom is -0.321 e. The molecule has 0 bridgehead atoms. The van der Waals surface area contributed by atoms with Gasteiger partial charge in [0.2, 0.25) is 0 Å². The van der Waals surface area contributed by atoms with Crippen molar-refractivity contribution in [3.8, 4) is 0 Å². The van der Waals surface area contributed by atoms with Gasteiger partial charge in [0.25, 0.3) is 0 Å². The van der Waals surface area contributed by atoms with Crippen LogP contribution in [0.2, 0.25) is 0 Å². The standard InChI is InChI=1S/C9H19NO/c1-4-5-6-7(2)9(10)8(3)11/h7,9H,4-6,10H2,1-3H3/t7-,9-/m1/s1. The van der Waals surface area contributed by atoms with Crippen molar-refractivity contribution in [2.24, 2.45) is 11.7 Å². The van der Waals surface area contributed by atoms with Crippen molar-refractivity contribution in [1.29, 1.82) is 0 Å². The minimum absolute atomic E-state index is 0.105. The van der Waals surface area contributed by atoms with Crippen molar-refractivity contribution < 1.29 is 4.79 Å². The van der Waals surface area contributed by atoms with Gasteiger partial charge in [0.15, 0.2) is 0 Å². The Morgan fingerprint density at radius 1 is 1.55 bits per heavy atom. The highest BCUT2D eigenvalue weighted by Gasteiger charge is 2.15. The van der Waals surface area contributed by atoms with Crippen LogP contribution < -0.4 is 5.73 Å². The number of ketones is 1. The molecule has 66 valence electrons. The fourth-order valence-electron chi connectivity index (χ4n) is 1.11. The lowest BCUT2D eigenvalue weighted by molar-refractivity contribution is -0.119. The van der Waals surface area contributed by atoms with Gasteiger partial charge in [0.1, 0.15) is 5.78 Å². The van der Waals surface area contributed by atoms with Crippen LogP contribution in [-0.4, -0.2) is 11.8 Å². The SMILES string of the molecule is CCCC[C@@H](C)[C@@H](N)C(C)=O. The second-order valence-electron chi connectivity index (χ2n) is 3.26. The third-order valence-electron chi connectivity index (χ3n) is 2.10. The molecule has 0 aliphatic heterocycles. The molecular weight excluding hydrogens is 138 g/mol. The maximum atomic E-state index is 10.8. The van der Waals surface area contributed by atoms with Crippen LogP contribution in [-0.2, 0) is 4.79 Å². The lowest BCUT2D eigenvalue weighted by atomic mass is 9.94. The zero-order valence-corrected chi connectivity index (χ0v) is 7.76. The van der Waals surface area contributed by atoms with E-state index in [1.54, 1.807) is 6.92 Å². The summed E-state index contributed by atoms with van der Waals surface area (Å²) in [5.41, 5.74) is 5.65. The van der Waals surface area contributed by atoms with Crippen molar-refractivity contribution >= 4 is 5.78 Å². The summed E-state index contributed by atoms with van der Waals surface area (Å²) >= 11 is 0. The van der Waals surface area contributed by atoms with E-state index in [-0.39, 0.29) is 11.8 Å². The monoisotopic (exact) mass is 157 g/mol. The number of carbonyl (C=O) groups is 1. The number of carbonyl (C=O) groups excluding carboxylic acids is 1. The maximum absolute atomic E-state index is 10.8. The predicted molar refractivity (Wildman–Crippen MR) is 47.3 cm³/mol. The van der Waals surface area contributed by atoms with Gasteiger partial charge in [-0.2, -0.15) is 0 Å². The number of unbranched alkanes of at least 4 members (excludes halogenated alkanes) is 1. The Morgan fingerprint density at radius 3 is 2.45 bits per heavy atom. The Balaban J connectivity index is 3.63. The first-order chi connectivity index (χ1) is 5.09. The molecule has 0 saturated carbocycles. The molecule has 0 aliphatic carbocycles. The number of Topliss-reactive ketones (excluding diaryl/α,β-unsaturated/α-hetero) is 1. The molecule has 0 fully saturated rings. The van der Waals surface area contributed by atoms with Gasteiger partial charge in [-0.3, -0.25) is 4.79 Å². The van der Waals surface area contributed by atoms with E-state index >= 15 is 0 Å². The first-order valence-electron chi connectivity index (χ1n) is 4.35. The molecule has 0 radical (unpaired) electrons. The van der Waals surface area contributed by atoms with Gasteiger partial charge in [-0.15, -0.1) is 0 Å². The van der Waals surface area contributed by atoms with Gasteiger partial charge in [-0.25, -0.2) is 0 Å². The lowest BCUT2D eigenvalue weighted by Gasteiger charge is -2.16. The van der Waals surface area contributed by atoms with E-state index in [1.807, 2.05) is 6.92 Å². The number of hydrogen-bond donors (Lipinski definition) is 1. The van der Waals surface area contributed by atoms with Gasteiger partial charge in [0, 0.05) is 0 Å². The van der Waals surface area contributed by atoms with Crippen LogP contribution in [0.3, 0.4) is 0 Å². The Morgan fingerprint density at radius 2 is 2.09 bits per heavy atom. The van der Waals surface area contributed by atoms with E-state index in [4.69, 9.17) is 5.73 Å². The van der Waals surface area contributed by atoms with Crippen LogP contribution in [0, 0.1) is 5.92 Å². The molecule has 0 rings (SSSR count). The summed E-state index contributed by atoms with van der Waals surface area (Å²) in [6, 6.07) is -0.249. The van der Waals surface area contributed by atoms with E-state index < -0.39 is 0 Å². The van der Waals surface area contributed by atoms with Crippen LogP contribution >= 0.6 is 0 Å². The van der Waals surface area contributed by atoms with Crippen molar-refractivity contribution in [1.82, 2.24) is 0 Å². The highest BCUT2D eigenvalue weighted by Crippen LogP contribution is 2.10. The molecule has 2 heteroatoms. The van der Waals surface area contributed by atoms with Crippen LogP contribution in [0.15, 0.2) is 0 Å². The highest BCUT2D eigenvalue weighted by atomic mass is 16.1. The summed E-state index contributed by atoms with van der Waals surface area (Å²) in [6.45, 7) is 5.75. The van der Waals surface area contributed by atoms with Crippen LogP contribution in [0.5, 0.6) is 0 Å². The Bertz CT molecular complexity index is 123. The summed E-state index contributed by atoms with van der Waals surface area (Å²) in [6.07, 6.45) is 3.41. The average Bonchev–Trinajstić information content (AvgIpc) is 1.98. The number of rotatable bonds is 5. The minimum atomic E-state index is -0.249. The third-order valence-corrected chi connectivity index (χ3v) is 2.10. The summed E-state index contributed by atoms with van der Waals surface area (Å²) in [5, 5.41) is 0. The van der Waals surface area contributed by atoms with Crippen molar-refractivity contribution in [2.45, 2.75) is 46.1 Å². The molecule has 0 aromatic carbocycles. The van der Waals surface area contributed by atoms with E-state index in [1.165, 1.54) is 12.8 Å². The van der Waals surface area contributed by atoms with Gasteiger partial charge < -0.3 is 5.73 Å². The molecule has 0 amide bonds. The Hall–Kier alpha value is -0.370. The molecule has 0 saturated heterocycles.